The molecule has 2 aliphatic rings. The Morgan fingerprint density at radius 2 is 2.04 bits per heavy atom. The van der Waals surface area contributed by atoms with E-state index < -0.39 is 14.0 Å². The topological polar surface area (TPSA) is 108 Å². The SMILES string of the molecule is O=C1NC(c2cc(Cl)ccc2OP(=O)(O)O)NC2CCC(Cl)CC12. The van der Waals surface area contributed by atoms with E-state index in [1.807, 2.05) is 0 Å². The molecule has 4 unspecified atom stereocenters. The van der Waals surface area contributed by atoms with Crippen molar-refractivity contribution in [2.45, 2.75) is 36.8 Å². The third-order valence-corrected chi connectivity index (χ3v) is 5.36. The van der Waals surface area contributed by atoms with Crippen molar-refractivity contribution in [1.82, 2.24) is 10.6 Å². The third-order valence-electron chi connectivity index (χ3n) is 4.29. The second-order valence-corrected chi connectivity index (χ2v) is 8.21. The van der Waals surface area contributed by atoms with Crippen LogP contribution in [0.25, 0.3) is 0 Å². The van der Waals surface area contributed by atoms with E-state index in [9.17, 15) is 9.36 Å². The summed E-state index contributed by atoms with van der Waals surface area (Å²) >= 11 is 12.1. The molecule has 132 valence electrons. The Bertz CT molecular complexity index is 698. The fraction of sp³-hybridized carbons (Fsp3) is 0.500. The first-order valence-electron chi connectivity index (χ1n) is 7.48. The van der Waals surface area contributed by atoms with E-state index >= 15 is 0 Å². The minimum absolute atomic E-state index is 0.0185. The van der Waals surface area contributed by atoms with Crippen LogP contribution in [-0.4, -0.2) is 27.1 Å². The summed E-state index contributed by atoms with van der Waals surface area (Å²) in [5.74, 6) is -0.394. The van der Waals surface area contributed by atoms with Gasteiger partial charge in [-0.05, 0) is 37.5 Å². The molecule has 1 saturated carbocycles. The van der Waals surface area contributed by atoms with Crippen LogP contribution in [0.3, 0.4) is 0 Å². The van der Waals surface area contributed by atoms with E-state index in [4.69, 9.17) is 37.5 Å². The molecule has 1 saturated heterocycles. The summed E-state index contributed by atoms with van der Waals surface area (Å²) in [4.78, 5) is 30.5. The number of hydrogen-bond donors (Lipinski definition) is 4. The Morgan fingerprint density at radius 1 is 1.29 bits per heavy atom. The van der Waals surface area contributed by atoms with Crippen LogP contribution in [0.1, 0.15) is 31.0 Å². The van der Waals surface area contributed by atoms with Crippen LogP contribution >= 0.6 is 31.0 Å². The molecule has 1 heterocycles. The summed E-state index contributed by atoms with van der Waals surface area (Å²) in [6.07, 6.45) is 1.50. The summed E-state index contributed by atoms with van der Waals surface area (Å²) in [5.41, 5.74) is 0.366. The smallest absolute Gasteiger partial charge is 0.404 e. The predicted molar refractivity (Wildman–Crippen MR) is 88.9 cm³/mol. The van der Waals surface area contributed by atoms with Gasteiger partial charge in [0.05, 0.1) is 5.92 Å². The van der Waals surface area contributed by atoms with Gasteiger partial charge in [-0.1, -0.05) is 11.6 Å². The molecule has 0 spiro atoms. The maximum absolute atomic E-state index is 12.4. The maximum atomic E-state index is 12.4. The molecule has 1 aliphatic heterocycles. The Balaban J connectivity index is 1.88. The summed E-state index contributed by atoms with van der Waals surface area (Å²) in [7, 11) is -4.73. The Hall–Kier alpha value is -0.820. The number of nitrogens with one attached hydrogen (secondary N) is 2. The van der Waals surface area contributed by atoms with Crippen LogP contribution in [0.5, 0.6) is 5.75 Å². The van der Waals surface area contributed by atoms with Gasteiger partial charge < -0.3 is 9.84 Å². The van der Waals surface area contributed by atoms with Gasteiger partial charge in [-0.2, -0.15) is 0 Å². The highest BCUT2D eigenvalue weighted by Crippen LogP contribution is 2.42. The van der Waals surface area contributed by atoms with Gasteiger partial charge in [0.2, 0.25) is 5.91 Å². The third kappa shape index (κ3) is 4.04. The first kappa shape index (κ1) is 18.0. The van der Waals surface area contributed by atoms with E-state index in [0.717, 1.165) is 12.8 Å². The summed E-state index contributed by atoms with van der Waals surface area (Å²) < 4.78 is 15.9. The Morgan fingerprint density at radius 3 is 2.75 bits per heavy atom. The van der Waals surface area contributed by atoms with Crippen molar-refractivity contribution in [3.05, 3.63) is 28.8 Å². The molecular formula is C14H17Cl2N2O5P. The van der Waals surface area contributed by atoms with Crippen LogP contribution in [0.4, 0.5) is 0 Å². The van der Waals surface area contributed by atoms with Gasteiger partial charge in [-0.3, -0.25) is 19.9 Å². The highest BCUT2D eigenvalue weighted by molar-refractivity contribution is 7.46. The molecule has 1 aromatic rings. The van der Waals surface area contributed by atoms with Crippen molar-refractivity contribution < 1.29 is 23.7 Å². The van der Waals surface area contributed by atoms with Gasteiger partial charge in [0.15, 0.2) is 0 Å². The largest absolute Gasteiger partial charge is 0.524 e. The van der Waals surface area contributed by atoms with Crippen molar-refractivity contribution in [2.24, 2.45) is 5.92 Å². The zero-order valence-electron chi connectivity index (χ0n) is 12.5. The number of carbonyl (C=O) groups is 1. The van der Waals surface area contributed by atoms with E-state index in [2.05, 4.69) is 10.6 Å². The number of halogens is 2. The van der Waals surface area contributed by atoms with Crippen molar-refractivity contribution in [3.63, 3.8) is 0 Å². The second kappa shape index (κ2) is 6.83. The number of phosphoric acid groups is 1. The van der Waals surface area contributed by atoms with Crippen LogP contribution < -0.4 is 15.2 Å². The fourth-order valence-corrected chi connectivity index (χ4v) is 4.16. The van der Waals surface area contributed by atoms with Crippen molar-refractivity contribution >= 4 is 36.9 Å². The van der Waals surface area contributed by atoms with E-state index in [-0.39, 0.29) is 29.0 Å². The predicted octanol–water partition coefficient (Wildman–Crippen LogP) is 2.31. The van der Waals surface area contributed by atoms with E-state index in [1.54, 1.807) is 0 Å². The molecule has 10 heteroatoms. The normalized spacial score (nSPS) is 30.4. The number of amides is 1. The molecule has 1 amide bonds. The quantitative estimate of drug-likeness (QED) is 0.462. The summed E-state index contributed by atoms with van der Waals surface area (Å²) in [6, 6.07) is 4.28. The number of benzene rings is 1. The van der Waals surface area contributed by atoms with Crippen molar-refractivity contribution in [1.29, 1.82) is 0 Å². The number of rotatable bonds is 3. The minimum Gasteiger partial charge on any atom is -0.404 e. The Labute approximate surface area is 148 Å². The molecule has 7 nitrogen and oxygen atoms in total. The maximum Gasteiger partial charge on any atom is 0.524 e. The average molecular weight is 395 g/mol. The van der Waals surface area contributed by atoms with Crippen LogP contribution in [0.2, 0.25) is 5.02 Å². The lowest BCUT2D eigenvalue weighted by Crippen LogP contribution is -2.58. The molecule has 1 aromatic carbocycles. The molecular weight excluding hydrogens is 378 g/mol. The molecule has 0 radical (unpaired) electrons. The molecule has 24 heavy (non-hydrogen) atoms. The van der Waals surface area contributed by atoms with E-state index in [0.29, 0.717) is 17.0 Å². The van der Waals surface area contributed by atoms with Gasteiger partial charge in [0.25, 0.3) is 0 Å². The lowest BCUT2D eigenvalue weighted by Gasteiger charge is -2.41. The number of phosphoric ester groups is 1. The van der Waals surface area contributed by atoms with E-state index in [1.165, 1.54) is 18.2 Å². The molecule has 0 bridgehead atoms. The van der Waals surface area contributed by atoms with Gasteiger partial charge in [-0.25, -0.2) is 4.57 Å². The average Bonchev–Trinajstić information content (AvgIpc) is 2.48. The van der Waals surface area contributed by atoms with Crippen LogP contribution in [0.15, 0.2) is 18.2 Å². The highest BCUT2D eigenvalue weighted by Gasteiger charge is 2.41. The number of alkyl halides is 1. The minimum atomic E-state index is -4.73. The molecule has 4 N–H and O–H groups in total. The van der Waals surface area contributed by atoms with Gasteiger partial charge in [0, 0.05) is 22.0 Å². The Kier molecular flexibility index (Phi) is 5.12. The molecule has 2 fully saturated rings. The van der Waals surface area contributed by atoms with Gasteiger partial charge in [-0.15, -0.1) is 11.6 Å². The molecule has 4 atom stereocenters. The standard InChI is InChI=1S/C14H17Cl2N2O5P/c15-7-1-3-11-9(5-7)14(19)18-13(17-11)10-6-8(16)2-4-12(10)23-24(20,21)22/h2,4,6-7,9,11,13,17H,1,3,5H2,(H,18,19)(H2,20,21,22). The zero-order chi connectivity index (χ0) is 17.5. The lowest BCUT2D eigenvalue weighted by atomic mass is 9.81. The fourth-order valence-electron chi connectivity index (χ4n) is 3.24. The summed E-state index contributed by atoms with van der Waals surface area (Å²) in [5, 5.41) is 6.45. The second-order valence-electron chi connectivity index (χ2n) is 6.00. The highest BCUT2D eigenvalue weighted by atomic mass is 35.5. The van der Waals surface area contributed by atoms with Gasteiger partial charge >= 0.3 is 7.82 Å². The monoisotopic (exact) mass is 394 g/mol. The number of carbonyl (C=O) groups excluding carboxylic acids is 1. The zero-order valence-corrected chi connectivity index (χ0v) is 14.9. The van der Waals surface area contributed by atoms with Crippen LogP contribution in [-0.2, 0) is 9.36 Å². The molecule has 0 aromatic heterocycles. The number of fused-ring (bicyclic) bond motifs is 1. The van der Waals surface area contributed by atoms with Crippen molar-refractivity contribution in [2.75, 3.05) is 0 Å². The summed E-state index contributed by atoms with van der Waals surface area (Å²) in [6.45, 7) is 0. The lowest BCUT2D eigenvalue weighted by molar-refractivity contribution is -0.130. The van der Waals surface area contributed by atoms with Crippen LogP contribution in [0, 0.1) is 5.92 Å². The molecule has 3 rings (SSSR count). The van der Waals surface area contributed by atoms with Gasteiger partial charge in [0.1, 0.15) is 11.9 Å². The first-order chi connectivity index (χ1) is 11.2. The first-order valence-corrected chi connectivity index (χ1v) is 9.82. The number of hydrogen-bond acceptors (Lipinski definition) is 4. The molecule has 1 aliphatic carbocycles. The van der Waals surface area contributed by atoms with Crippen molar-refractivity contribution in [3.8, 4) is 5.75 Å².